The van der Waals surface area contributed by atoms with Crippen LogP contribution in [-0.2, 0) is 9.47 Å². The number of hydrogen-bond donors (Lipinski definition) is 1. The van der Waals surface area contributed by atoms with Gasteiger partial charge < -0.3 is 14.8 Å². The molecule has 3 nitrogen and oxygen atoms in total. The van der Waals surface area contributed by atoms with Gasteiger partial charge in [0.25, 0.3) is 0 Å². The minimum Gasteiger partial charge on any atom is -0.381 e. The molecular formula is C16H31NO2. The summed E-state index contributed by atoms with van der Waals surface area (Å²) in [6, 6.07) is 0.628. The lowest BCUT2D eigenvalue weighted by Crippen LogP contribution is -2.69. The maximum absolute atomic E-state index is 5.93. The highest BCUT2D eigenvalue weighted by Crippen LogP contribution is 2.51. The van der Waals surface area contributed by atoms with Gasteiger partial charge in [0.15, 0.2) is 0 Å². The normalized spacial score (nSPS) is 33.0. The predicted octanol–water partition coefficient (Wildman–Crippen LogP) is 2.84. The Balaban J connectivity index is 1.63. The van der Waals surface area contributed by atoms with E-state index in [0.717, 1.165) is 38.7 Å². The minimum absolute atomic E-state index is 0.296. The highest BCUT2D eigenvalue weighted by molar-refractivity contribution is 5.10. The second-order valence-corrected chi connectivity index (χ2v) is 7.17. The van der Waals surface area contributed by atoms with E-state index < -0.39 is 0 Å². The fourth-order valence-corrected chi connectivity index (χ4v) is 3.69. The first kappa shape index (κ1) is 15.3. The van der Waals surface area contributed by atoms with Gasteiger partial charge in [0.2, 0.25) is 0 Å². The number of hydrogen-bond acceptors (Lipinski definition) is 3. The molecule has 0 amide bonds. The molecule has 1 heterocycles. The van der Waals surface area contributed by atoms with Crippen molar-refractivity contribution in [2.45, 2.75) is 59.1 Å². The molecule has 0 aromatic rings. The van der Waals surface area contributed by atoms with Crippen LogP contribution in [0.25, 0.3) is 0 Å². The zero-order chi connectivity index (χ0) is 13.9. The average molecular weight is 269 g/mol. The van der Waals surface area contributed by atoms with E-state index in [-0.39, 0.29) is 0 Å². The zero-order valence-electron chi connectivity index (χ0n) is 13.1. The van der Waals surface area contributed by atoms with Gasteiger partial charge in [-0.25, -0.2) is 0 Å². The maximum atomic E-state index is 5.93. The molecule has 2 fully saturated rings. The van der Waals surface area contributed by atoms with E-state index >= 15 is 0 Å². The first-order valence-electron chi connectivity index (χ1n) is 7.96. The first-order valence-corrected chi connectivity index (χ1v) is 7.96. The summed E-state index contributed by atoms with van der Waals surface area (Å²) in [5, 5.41) is 3.74. The summed E-state index contributed by atoms with van der Waals surface area (Å²) >= 11 is 0. The lowest BCUT2D eigenvalue weighted by Gasteiger charge is -2.60. The third-order valence-corrected chi connectivity index (χ3v) is 4.61. The lowest BCUT2D eigenvalue weighted by molar-refractivity contribution is -0.192. The van der Waals surface area contributed by atoms with E-state index in [1.165, 1.54) is 12.8 Å². The summed E-state index contributed by atoms with van der Waals surface area (Å²) in [4.78, 5) is 0. The van der Waals surface area contributed by atoms with Crippen LogP contribution >= 0.6 is 0 Å². The molecule has 0 radical (unpaired) electrons. The molecule has 0 bridgehead atoms. The van der Waals surface area contributed by atoms with Crippen molar-refractivity contribution in [1.29, 1.82) is 0 Å². The van der Waals surface area contributed by atoms with Crippen LogP contribution in [0.3, 0.4) is 0 Å². The van der Waals surface area contributed by atoms with Gasteiger partial charge in [-0.3, -0.25) is 0 Å². The quantitative estimate of drug-likeness (QED) is 0.721. The van der Waals surface area contributed by atoms with Gasteiger partial charge in [-0.1, -0.05) is 27.7 Å². The molecule has 1 aliphatic carbocycles. The Labute approximate surface area is 118 Å². The highest BCUT2D eigenvalue weighted by Gasteiger charge is 2.57. The molecule has 1 aliphatic heterocycles. The van der Waals surface area contributed by atoms with Crippen LogP contribution in [-0.4, -0.2) is 38.5 Å². The largest absolute Gasteiger partial charge is 0.381 e. The molecular weight excluding hydrogens is 238 g/mol. The highest BCUT2D eigenvalue weighted by atomic mass is 16.5. The topological polar surface area (TPSA) is 30.5 Å². The standard InChI is InChI=1S/C16H31NO2/c1-12(2)11-18-9-6-8-17-14-13-7-5-10-19-15(13)16(14,3)4/h12-15,17H,5-11H2,1-4H3. The van der Waals surface area contributed by atoms with Crippen molar-refractivity contribution in [3.05, 3.63) is 0 Å². The van der Waals surface area contributed by atoms with Crippen molar-refractivity contribution < 1.29 is 9.47 Å². The SMILES string of the molecule is CC(C)COCCCNC1C2CCCOC2C1(C)C. The second kappa shape index (κ2) is 6.55. The van der Waals surface area contributed by atoms with Crippen molar-refractivity contribution in [3.8, 4) is 0 Å². The predicted molar refractivity (Wildman–Crippen MR) is 78.3 cm³/mol. The molecule has 2 rings (SSSR count). The Morgan fingerprint density at radius 2 is 2.16 bits per heavy atom. The van der Waals surface area contributed by atoms with E-state index in [1.807, 2.05) is 0 Å². The molecule has 1 N–H and O–H groups in total. The number of fused-ring (bicyclic) bond motifs is 1. The second-order valence-electron chi connectivity index (χ2n) is 7.17. The number of ether oxygens (including phenoxy) is 2. The van der Waals surface area contributed by atoms with Crippen molar-refractivity contribution >= 4 is 0 Å². The third kappa shape index (κ3) is 3.50. The van der Waals surface area contributed by atoms with Crippen molar-refractivity contribution in [1.82, 2.24) is 5.32 Å². The van der Waals surface area contributed by atoms with Crippen LogP contribution in [0.2, 0.25) is 0 Å². The molecule has 0 spiro atoms. The van der Waals surface area contributed by atoms with Crippen molar-refractivity contribution in [2.75, 3.05) is 26.4 Å². The summed E-state index contributed by atoms with van der Waals surface area (Å²) in [5.41, 5.74) is 0.296. The molecule has 1 saturated carbocycles. The van der Waals surface area contributed by atoms with Gasteiger partial charge in [0.1, 0.15) is 0 Å². The van der Waals surface area contributed by atoms with Crippen LogP contribution in [0.1, 0.15) is 47.0 Å². The first-order chi connectivity index (χ1) is 9.03. The monoisotopic (exact) mass is 269 g/mol. The molecule has 2 aliphatic rings. The smallest absolute Gasteiger partial charge is 0.0684 e. The van der Waals surface area contributed by atoms with Gasteiger partial charge in [0, 0.05) is 37.2 Å². The van der Waals surface area contributed by atoms with Gasteiger partial charge in [-0.15, -0.1) is 0 Å². The minimum atomic E-state index is 0.296. The Kier molecular flexibility index (Phi) is 5.27. The zero-order valence-corrected chi connectivity index (χ0v) is 13.1. The van der Waals surface area contributed by atoms with Gasteiger partial charge in [-0.05, 0) is 31.7 Å². The van der Waals surface area contributed by atoms with E-state index in [1.54, 1.807) is 0 Å². The summed E-state index contributed by atoms with van der Waals surface area (Å²) < 4.78 is 11.6. The maximum Gasteiger partial charge on any atom is 0.0684 e. The lowest BCUT2D eigenvalue weighted by atomic mass is 9.55. The van der Waals surface area contributed by atoms with E-state index in [0.29, 0.717) is 23.5 Å². The van der Waals surface area contributed by atoms with Crippen molar-refractivity contribution in [3.63, 3.8) is 0 Å². The third-order valence-electron chi connectivity index (χ3n) is 4.61. The van der Waals surface area contributed by atoms with Crippen LogP contribution < -0.4 is 5.32 Å². The fraction of sp³-hybridized carbons (Fsp3) is 1.00. The Morgan fingerprint density at radius 1 is 1.37 bits per heavy atom. The van der Waals surface area contributed by atoms with Crippen LogP contribution in [0, 0.1) is 17.3 Å². The number of rotatable bonds is 7. The van der Waals surface area contributed by atoms with Gasteiger partial charge in [-0.2, -0.15) is 0 Å². The van der Waals surface area contributed by atoms with Crippen LogP contribution in [0.5, 0.6) is 0 Å². The summed E-state index contributed by atoms with van der Waals surface area (Å²) in [7, 11) is 0. The van der Waals surface area contributed by atoms with Gasteiger partial charge in [0.05, 0.1) is 6.10 Å². The molecule has 0 aromatic carbocycles. The fourth-order valence-electron chi connectivity index (χ4n) is 3.69. The molecule has 0 aromatic heterocycles. The molecule has 3 unspecified atom stereocenters. The molecule has 112 valence electrons. The number of nitrogens with one attached hydrogen (secondary N) is 1. The van der Waals surface area contributed by atoms with Crippen LogP contribution in [0.4, 0.5) is 0 Å². The van der Waals surface area contributed by atoms with Crippen LogP contribution in [0.15, 0.2) is 0 Å². The molecule has 19 heavy (non-hydrogen) atoms. The molecule has 1 saturated heterocycles. The summed E-state index contributed by atoms with van der Waals surface area (Å²) in [6.07, 6.45) is 4.15. The average Bonchev–Trinajstić information content (AvgIpc) is 2.37. The Hall–Kier alpha value is -0.120. The van der Waals surface area contributed by atoms with Crippen molar-refractivity contribution in [2.24, 2.45) is 17.3 Å². The summed E-state index contributed by atoms with van der Waals surface area (Å²) in [5.74, 6) is 1.37. The van der Waals surface area contributed by atoms with E-state index in [9.17, 15) is 0 Å². The van der Waals surface area contributed by atoms with Gasteiger partial charge >= 0.3 is 0 Å². The Morgan fingerprint density at radius 3 is 2.89 bits per heavy atom. The Bertz CT molecular complexity index is 278. The van der Waals surface area contributed by atoms with E-state index in [2.05, 4.69) is 33.0 Å². The summed E-state index contributed by atoms with van der Waals surface area (Å²) in [6.45, 7) is 12.8. The molecule has 3 atom stereocenters. The molecule has 3 heteroatoms. The van der Waals surface area contributed by atoms with E-state index in [4.69, 9.17) is 9.47 Å².